The standard InChI is InChI=1S/C13H7Cl3FN3/c14-9-2-1-3-10(17)7(9)6-8-12(15)19-11-4-5-18-20(11)13(8)16/h1-5H,6H2. The van der Waals surface area contributed by atoms with Crippen LogP contribution >= 0.6 is 34.8 Å². The molecular weight excluding hydrogens is 324 g/mol. The maximum Gasteiger partial charge on any atom is 0.158 e. The molecule has 0 spiro atoms. The Labute approximate surface area is 128 Å². The normalized spacial score (nSPS) is 11.2. The van der Waals surface area contributed by atoms with E-state index in [4.69, 9.17) is 34.8 Å². The SMILES string of the molecule is Fc1cccc(Cl)c1Cc1c(Cl)nc2ccnn2c1Cl. The molecule has 1 aromatic carbocycles. The molecule has 0 aliphatic carbocycles. The molecule has 7 heteroatoms. The van der Waals surface area contributed by atoms with E-state index >= 15 is 0 Å². The molecule has 102 valence electrons. The van der Waals surface area contributed by atoms with Gasteiger partial charge >= 0.3 is 0 Å². The highest BCUT2D eigenvalue weighted by Crippen LogP contribution is 2.29. The van der Waals surface area contributed by atoms with Crippen LogP contribution in [0.25, 0.3) is 5.65 Å². The number of hydrogen-bond acceptors (Lipinski definition) is 2. The largest absolute Gasteiger partial charge is 0.216 e. The van der Waals surface area contributed by atoms with Crippen LogP contribution < -0.4 is 0 Å². The Kier molecular flexibility index (Phi) is 3.54. The molecular formula is C13H7Cl3FN3. The molecule has 0 aliphatic heterocycles. The van der Waals surface area contributed by atoms with Crippen molar-refractivity contribution in [1.82, 2.24) is 14.6 Å². The van der Waals surface area contributed by atoms with Crippen LogP contribution in [0.2, 0.25) is 15.3 Å². The van der Waals surface area contributed by atoms with Crippen molar-refractivity contribution >= 4 is 40.4 Å². The van der Waals surface area contributed by atoms with Gasteiger partial charge in [-0.2, -0.15) is 5.10 Å². The van der Waals surface area contributed by atoms with E-state index in [1.54, 1.807) is 24.4 Å². The van der Waals surface area contributed by atoms with Gasteiger partial charge in [-0.1, -0.05) is 40.9 Å². The van der Waals surface area contributed by atoms with E-state index in [0.717, 1.165) is 0 Å². The number of benzene rings is 1. The number of aromatic nitrogens is 3. The maximum absolute atomic E-state index is 13.8. The zero-order valence-electron chi connectivity index (χ0n) is 9.95. The Morgan fingerprint density at radius 2 is 1.90 bits per heavy atom. The Bertz CT molecular complexity index is 781. The molecule has 0 saturated carbocycles. The summed E-state index contributed by atoms with van der Waals surface area (Å²) in [5.41, 5.74) is 1.34. The van der Waals surface area contributed by atoms with Crippen molar-refractivity contribution in [2.24, 2.45) is 0 Å². The lowest BCUT2D eigenvalue weighted by Crippen LogP contribution is -2.02. The summed E-state index contributed by atoms with van der Waals surface area (Å²) in [5, 5.41) is 4.87. The average molecular weight is 331 g/mol. The molecule has 20 heavy (non-hydrogen) atoms. The van der Waals surface area contributed by atoms with Gasteiger partial charge in [-0.25, -0.2) is 13.9 Å². The smallest absolute Gasteiger partial charge is 0.158 e. The van der Waals surface area contributed by atoms with Gasteiger partial charge in [0.15, 0.2) is 5.65 Å². The Hall–Kier alpha value is -1.36. The fourth-order valence-electron chi connectivity index (χ4n) is 1.94. The molecule has 3 nitrogen and oxygen atoms in total. The first-order valence-electron chi connectivity index (χ1n) is 5.68. The van der Waals surface area contributed by atoms with Crippen molar-refractivity contribution < 1.29 is 4.39 Å². The number of hydrogen-bond donors (Lipinski definition) is 0. The molecule has 0 N–H and O–H groups in total. The Morgan fingerprint density at radius 3 is 2.65 bits per heavy atom. The second-order valence-electron chi connectivity index (χ2n) is 4.15. The number of rotatable bonds is 2. The highest BCUT2D eigenvalue weighted by atomic mass is 35.5. The minimum absolute atomic E-state index is 0.145. The summed E-state index contributed by atoms with van der Waals surface area (Å²) >= 11 is 18.4. The second-order valence-corrected chi connectivity index (χ2v) is 5.27. The summed E-state index contributed by atoms with van der Waals surface area (Å²) in [5.74, 6) is -0.412. The molecule has 0 atom stereocenters. The summed E-state index contributed by atoms with van der Waals surface area (Å²) < 4.78 is 15.3. The summed E-state index contributed by atoms with van der Waals surface area (Å²) in [4.78, 5) is 4.17. The van der Waals surface area contributed by atoms with Crippen molar-refractivity contribution in [2.75, 3.05) is 0 Å². The van der Waals surface area contributed by atoms with Gasteiger partial charge in [-0.05, 0) is 12.1 Å². The highest BCUT2D eigenvalue weighted by molar-refractivity contribution is 6.35. The van der Waals surface area contributed by atoms with Gasteiger partial charge in [0.1, 0.15) is 16.1 Å². The predicted octanol–water partition coefficient (Wildman–Crippen LogP) is 4.42. The van der Waals surface area contributed by atoms with E-state index in [9.17, 15) is 4.39 Å². The van der Waals surface area contributed by atoms with Crippen LogP contribution in [0.15, 0.2) is 30.5 Å². The van der Waals surface area contributed by atoms with E-state index in [0.29, 0.717) is 26.9 Å². The maximum atomic E-state index is 13.8. The molecule has 0 radical (unpaired) electrons. The minimum Gasteiger partial charge on any atom is -0.216 e. The first-order valence-corrected chi connectivity index (χ1v) is 6.82. The summed E-state index contributed by atoms with van der Waals surface area (Å²) in [6, 6.07) is 6.17. The molecule has 2 aromatic heterocycles. The average Bonchev–Trinajstić information content (AvgIpc) is 2.85. The van der Waals surface area contributed by atoms with Crippen molar-refractivity contribution in [3.8, 4) is 0 Å². The Balaban J connectivity index is 2.15. The van der Waals surface area contributed by atoms with Gasteiger partial charge in [0.25, 0.3) is 0 Å². The highest BCUT2D eigenvalue weighted by Gasteiger charge is 2.17. The van der Waals surface area contributed by atoms with Gasteiger partial charge in [0, 0.05) is 28.6 Å². The number of halogens is 4. The van der Waals surface area contributed by atoms with Crippen LogP contribution in [0, 0.1) is 5.82 Å². The third-order valence-electron chi connectivity index (χ3n) is 2.93. The predicted molar refractivity (Wildman–Crippen MR) is 77.2 cm³/mol. The van der Waals surface area contributed by atoms with E-state index in [2.05, 4.69) is 10.1 Å². The molecule has 0 saturated heterocycles. The fourth-order valence-corrected chi connectivity index (χ4v) is 2.74. The summed E-state index contributed by atoms with van der Waals surface area (Å²) in [6.07, 6.45) is 1.70. The van der Waals surface area contributed by atoms with Crippen molar-refractivity contribution in [1.29, 1.82) is 0 Å². The van der Waals surface area contributed by atoms with Gasteiger partial charge < -0.3 is 0 Å². The van der Waals surface area contributed by atoms with Crippen molar-refractivity contribution in [3.05, 3.63) is 62.7 Å². The molecule has 0 bridgehead atoms. The molecule has 2 heterocycles. The van der Waals surface area contributed by atoms with Crippen LogP contribution in [0.4, 0.5) is 4.39 Å². The molecule has 0 fully saturated rings. The third kappa shape index (κ3) is 2.24. The zero-order valence-corrected chi connectivity index (χ0v) is 12.2. The zero-order chi connectivity index (χ0) is 14.3. The fraction of sp³-hybridized carbons (Fsp3) is 0.0769. The van der Waals surface area contributed by atoms with Crippen molar-refractivity contribution in [3.63, 3.8) is 0 Å². The molecule has 3 aromatic rings. The quantitative estimate of drug-likeness (QED) is 0.651. The van der Waals surface area contributed by atoms with Gasteiger partial charge in [0.2, 0.25) is 0 Å². The van der Waals surface area contributed by atoms with E-state index in [1.807, 2.05) is 0 Å². The van der Waals surface area contributed by atoms with Gasteiger partial charge in [-0.15, -0.1) is 0 Å². The lowest BCUT2D eigenvalue weighted by atomic mass is 10.1. The third-order valence-corrected chi connectivity index (χ3v) is 3.99. The summed E-state index contributed by atoms with van der Waals surface area (Å²) in [7, 11) is 0. The van der Waals surface area contributed by atoms with Crippen LogP contribution in [0.3, 0.4) is 0 Å². The Morgan fingerprint density at radius 1 is 1.10 bits per heavy atom. The molecule has 0 aliphatic rings. The van der Waals surface area contributed by atoms with E-state index < -0.39 is 5.82 Å². The molecule has 3 rings (SSSR count). The minimum atomic E-state index is -0.412. The lowest BCUT2D eigenvalue weighted by molar-refractivity contribution is 0.614. The lowest BCUT2D eigenvalue weighted by Gasteiger charge is -2.10. The first-order chi connectivity index (χ1) is 9.58. The second kappa shape index (κ2) is 5.20. The number of nitrogens with zero attached hydrogens (tertiary/aromatic N) is 3. The molecule has 0 amide bonds. The summed E-state index contributed by atoms with van der Waals surface area (Å²) in [6.45, 7) is 0. The number of fused-ring (bicyclic) bond motifs is 1. The topological polar surface area (TPSA) is 30.2 Å². The van der Waals surface area contributed by atoms with Crippen LogP contribution in [0.1, 0.15) is 11.1 Å². The molecule has 0 unspecified atom stereocenters. The van der Waals surface area contributed by atoms with Gasteiger partial charge in [0.05, 0.1) is 6.20 Å². The van der Waals surface area contributed by atoms with Crippen LogP contribution in [-0.2, 0) is 6.42 Å². The van der Waals surface area contributed by atoms with Crippen LogP contribution in [0.5, 0.6) is 0 Å². The van der Waals surface area contributed by atoms with Gasteiger partial charge in [-0.3, -0.25) is 0 Å². The monoisotopic (exact) mass is 329 g/mol. The first kappa shape index (κ1) is 13.6. The van der Waals surface area contributed by atoms with Crippen LogP contribution in [-0.4, -0.2) is 14.6 Å². The van der Waals surface area contributed by atoms with E-state index in [1.165, 1.54) is 10.6 Å². The van der Waals surface area contributed by atoms with E-state index in [-0.39, 0.29) is 11.6 Å². The van der Waals surface area contributed by atoms with Crippen molar-refractivity contribution in [2.45, 2.75) is 6.42 Å².